The fraction of sp³-hybridized carbons (Fsp3) is 0.632. The molecule has 121 valence electrons. The highest BCUT2D eigenvalue weighted by Gasteiger charge is 2.51. The summed E-state index contributed by atoms with van der Waals surface area (Å²) in [6.45, 7) is 10.6. The second-order valence-electron chi connectivity index (χ2n) is 7.31. The lowest BCUT2D eigenvalue weighted by Crippen LogP contribution is -2.41. The number of unbranched alkanes of at least 4 members (excludes halogenated alkanes) is 4. The molecule has 1 fully saturated rings. The zero-order valence-corrected chi connectivity index (χ0v) is 14.8. The van der Waals surface area contributed by atoms with Crippen LogP contribution in [0.1, 0.15) is 72.3 Å². The van der Waals surface area contributed by atoms with E-state index in [0.717, 1.165) is 11.9 Å². The Morgan fingerprint density at radius 1 is 0.909 bits per heavy atom. The predicted molar refractivity (Wildman–Crippen MR) is 94.3 cm³/mol. The van der Waals surface area contributed by atoms with Crippen LogP contribution in [0, 0.1) is 6.42 Å². The third kappa shape index (κ3) is 4.14. The Morgan fingerprint density at radius 2 is 1.50 bits per heavy atom. The lowest BCUT2D eigenvalue weighted by molar-refractivity contribution is 0.00578. The maximum atomic E-state index is 6.08. The molecule has 22 heavy (non-hydrogen) atoms. The van der Waals surface area contributed by atoms with Crippen molar-refractivity contribution in [2.24, 2.45) is 0 Å². The Bertz CT molecular complexity index is 449. The Hall–Kier alpha value is -0.795. The van der Waals surface area contributed by atoms with Gasteiger partial charge in [-0.15, -0.1) is 0 Å². The topological polar surface area (TPSA) is 18.5 Å². The Kier molecular flexibility index (Phi) is 5.73. The maximum Gasteiger partial charge on any atom is 0.494 e. The molecule has 2 nitrogen and oxygen atoms in total. The number of rotatable bonds is 7. The van der Waals surface area contributed by atoms with Crippen molar-refractivity contribution in [2.45, 2.75) is 77.9 Å². The Morgan fingerprint density at radius 3 is 2.05 bits per heavy atom. The van der Waals surface area contributed by atoms with Crippen LogP contribution in [-0.4, -0.2) is 18.3 Å². The molecule has 0 atom stereocenters. The normalized spacial score (nSPS) is 19.6. The van der Waals surface area contributed by atoms with Crippen LogP contribution >= 0.6 is 0 Å². The third-order valence-electron chi connectivity index (χ3n) is 4.90. The van der Waals surface area contributed by atoms with E-state index >= 15 is 0 Å². The molecule has 1 aromatic carbocycles. The van der Waals surface area contributed by atoms with E-state index < -0.39 is 0 Å². The molecular formula is C19H30BO2. The summed E-state index contributed by atoms with van der Waals surface area (Å²) in [5.41, 5.74) is 1.84. The van der Waals surface area contributed by atoms with Gasteiger partial charge in [-0.1, -0.05) is 56.9 Å². The Labute approximate surface area is 136 Å². The molecule has 1 heterocycles. The minimum atomic E-state index is -0.276. The molecule has 1 aromatic rings. The van der Waals surface area contributed by atoms with E-state index in [1.807, 2.05) is 0 Å². The second kappa shape index (κ2) is 7.19. The molecule has 0 saturated carbocycles. The predicted octanol–water partition coefficient (Wildman–Crippen LogP) is 4.51. The van der Waals surface area contributed by atoms with Gasteiger partial charge in [0.15, 0.2) is 0 Å². The van der Waals surface area contributed by atoms with E-state index in [0.29, 0.717) is 0 Å². The zero-order chi connectivity index (χ0) is 16.2. The van der Waals surface area contributed by atoms with E-state index in [1.54, 1.807) is 0 Å². The van der Waals surface area contributed by atoms with Gasteiger partial charge in [-0.2, -0.15) is 0 Å². The fourth-order valence-electron chi connectivity index (χ4n) is 2.61. The first-order chi connectivity index (χ1) is 10.4. The summed E-state index contributed by atoms with van der Waals surface area (Å²) in [5, 5.41) is 0. The van der Waals surface area contributed by atoms with Gasteiger partial charge in [-0.25, -0.2) is 0 Å². The molecule has 0 bridgehead atoms. The summed E-state index contributed by atoms with van der Waals surface area (Å²) in [6, 6.07) is 8.58. The summed E-state index contributed by atoms with van der Waals surface area (Å²) in [4.78, 5) is 0. The van der Waals surface area contributed by atoms with E-state index in [9.17, 15) is 0 Å². The standard InChI is InChI=1S/C19H30BO2/c1-6-7-8-9-10-11-16-12-14-17(15-13-16)20-21-18(2,3)19(4,5)22-20/h11-15H,6-10H2,1-5H3. The van der Waals surface area contributed by atoms with E-state index in [4.69, 9.17) is 9.31 Å². The van der Waals surface area contributed by atoms with Gasteiger partial charge in [0, 0.05) is 0 Å². The first-order valence-electron chi connectivity index (χ1n) is 8.64. The average molecular weight is 301 g/mol. The highest BCUT2D eigenvalue weighted by Crippen LogP contribution is 2.36. The summed E-state index contributed by atoms with van der Waals surface area (Å²) >= 11 is 0. The van der Waals surface area contributed by atoms with Gasteiger partial charge in [0.05, 0.1) is 11.2 Å². The summed E-state index contributed by atoms with van der Waals surface area (Å²) in [6.07, 6.45) is 8.74. The molecule has 3 heteroatoms. The minimum Gasteiger partial charge on any atom is -0.399 e. The lowest BCUT2D eigenvalue weighted by Gasteiger charge is -2.32. The van der Waals surface area contributed by atoms with Crippen molar-refractivity contribution in [1.82, 2.24) is 0 Å². The second-order valence-corrected chi connectivity index (χ2v) is 7.31. The molecule has 1 aliphatic heterocycles. The number of hydrogen-bond donors (Lipinski definition) is 0. The lowest BCUT2D eigenvalue weighted by atomic mass is 9.78. The van der Waals surface area contributed by atoms with Crippen LogP contribution in [0.25, 0.3) is 0 Å². The van der Waals surface area contributed by atoms with Gasteiger partial charge in [-0.05, 0) is 51.6 Å². The fourth-order valence-corrected chi connectivity index (χ4v) is 2.61. The molecule has 0 amide bonds. The van der Waals surface area contributed by atoms with Crippen LogP contribution in [-0.2, 0) is 9.31 Å². The van der Waals surface area contributed by atoms with E-state index in [1.165, 1.54) is 31.2 Å². The Balaban J connectivity index is 1.87. The van der Waals surface area contributed by atoms with Crippen LogP contribution in [0.15, 0.2) is 24.3 Å². The molecule has 0 N–H and O–H groups in total. The highest BCUT2D eigenvalue weighted by atomic mass is 16.7. The summed E-state index contributed by atoms with van der Waals surface area (Å²) in [7, 11) is -0.261. The highest BCUT2D eigenvalue weighted by molar-refractivity contribution is 6.62. The molecule has 0 aromatic heterocycles. The smallest absolute Gasteiger partial charge is 0.399 e. The molecular weight excluding hydrogens is 271 g/mol. The van der Waals surface area contributed by atoms with Crippen LogP contribution in [0.4, 0.5) is 0 Å². The molecule has 1 radical (unpaired) electrons. The van der Waals surface area contributed by atoms with Crippen LogP contribution in [0.5, 0.6) is 0 Å². The molecule has 1 saturated heterocycles. The van der Waals surface area contributed by atoms with Crippen LogP contribution in [0.2, 0.25) is 0 Å². The van der Waals surface area contributed by atoms with Crippen molar-refractivity contribution in [3.8, 4) is 0 Å². The van der Waals surface area contributed by atoms with Crippen molar-refractivity contribution in [3.05, 3.63) is 36.2 Å². The average Bonchev–Trinajstić information content (AvgIpc) is 2.68. The molecule has 0 unspecified atom stereocenters. The molecule has 0 aliphatic carbocycles. The van der Waals surface area contributed by atoms with Gasteiger partial charge < -0.3 is 9.31 Å². The number of benzene rings is 1. The molecule has 2 rings (SSSR count). The van der Waals surface area contributed by atoms with E-state index in [2.05, 4.69) is 65.3 Å². The van der Waals surface area contributed by atoms with Gasteiger partial charge in [-0.3, -0.25) is 0 Å². The van der Waals surface area contributed by atoms with Gasteiger partial charge >= 0.3 is 7.12 Å². The minimum absolute atomic E-state index is 0.261. The van der Waals surface area contributed by atoms with Gasteiger partial charge in [0.25, 0.3) is 0 Å². The zero-order valence-electron chi connectivity index (χ0n) is 14.8. The summed E-state index contributed by atoms with van der Waals surface area (Å²) in [5.74, 6) is 0. The molecule has 0 spiro atoms. The SMILES string of the molecule is CCCCCC[CH]c1ccc(B2OC(C)(C)C(C)(C)O2)cc1. The molecule has 1 aliphatic rings. The number of hydrogen-bond acceptors (Lipinski definition) is 2. The van der Waals surface area contributed by atoms with Crippen LogP contribution < -0.4 is 5.46 Å². The van der Waals surface area contributed by atoms with Crippen LogP contribution in [0.3, 0.4) is 0 Å². The first kappa shape index (κ1) is 17.6. The first-order valence-corrected chi connectivity index (χ1v) is 8.64. The summed E-state index contributed by atoms with van der Waals surface area (Å²) < 4.78 is 12.2. The maximum absolute atomic E-state index is 6.08. The van der Waals surface area contributed by atoms with Gasteiger partial charge in [0.1, 0.15) is 0 Å². The quantitative estimate of drug-likeness (QED) is 0.545. The van der Waals surface area contributed by atoms with Gasteiger partial charge in [0.2, 0.25) is 0 Å². The third-order valence-corrected chi connectivity index (χ3v) is 4.90. The van der Waals surface area contributed by atoms with Crippen molar-refractivity contribution in [3.63, 3.8) is 0 Å². The van der Waals surface area contributed by atoms with Crippen molar-refractivity contribution >= 4 is 12.6 Å². The van der Waals surface area contributed by atoms with Crippen molar-refractivity contribution in [2.75, 3.05) is 0 Å². The van der Waals surface area contributed by atoms with Crippen molar-refractivity contribution < 1.29 is 9.31 Å². The largest absolute Gasteiger partial charge is 0.494 e. The van der Waals surface area contributed by atoms with Crippen molar-refractivity contribution in [1.29, 1.82) is 0 Å². The van der Waals surface area contributed by atoms with E-state index in [-0.39, 0.29) is 18.3 Å². The monoisotopic (exact) mass is 301 g/mol.